The molecule has 0 radical (unpaired) electrons. The summed E-state index contributed by atoms with van der Waals surface area (Å²) in [7, 11) is 1.50. The van der Waals surface area contributed by atoms with Gasteiger partial charge in [0.15, 0.2) is 5.13 Å². The molecule has 0 atom stereocenters. The number of hydrogen-bond donors (Lipinski definition) is 2. The zero-order valence-corrected chi connectivity index (χ0v) is 20.4. The minimum Gasteiger partial charge on any atom is -0.495 e. The number of carbonyl (C=O) groups excluding carboxylic acids is 2. The van der Waals surface area contributed by atoms with Crippen LogP contribution in [-0.2, 0) is 6.18 Å². The van der Waals surface area contributed by atoms with Crippen LogP contribution in [0, 0.1) is 6.92 Å². The van der Waals surface area contributed by atoms with E-state index in [0.717, 1.165) is 23.5 Å². The number of halogens is 3. The van der Waals surface area contributed by atoms with Crippen molar-refractivity contribution in [2.45, 2.75) is 13.1 Å². The number of thiazole rings is 1. The summed E-state index contributed by atoms with van der Waals surface area (Å²) < 4.78 is 44.3. The molecule has 36 heavy (non-hydrogen) atoms. The van der Waals surface area contributed by atoms with E-state index in [-0.39, 0.29) is 11.0 Å². The SMILES string of the molecule is COc1ccccc1NC(=O)Nc1nc(C)c(C(=O)N2CCN(c3cccc(C(F)(F)F)c3)CC2)s1. The Morgan fingerprint density at radius 2 is 1.75 bits per heavy atom. The molecule has 0 aliphatic carbocycles. The molecule has 0 unspecified atom stereocenters. The van der Waals surface area contributed by atoms with Gasteiger partial charge in [0, 0.05) is 31.9 Å². The number of urea groups is 1. The summed E-state index contributed by atoms with van der Waals surface area (Å²) in [5, 5.41) is 5.59. The van der Waals surface area contributed by atoms with Gasteiger partial charge < -0.3 is 19.9 Å². The number of piperazine rings is 1. The summed E-state index contributed by atoms with van der Waals surface area (Å²) >= 11 is 1.07. The number of hydrogen-bond acceptors (Lipinski definition) is 6. The third-order valence-corrected chi connectivity index (χ3v) is 6.73. The number of aryl methyl sites for hydroxylation is 1. The van der Waals surface area contributed by atoms with Crippen molar-refractivity contribution in [1.82, 2.24) is 9.88 Å². The maximum Gasteiger partial charge on any atom is 0.416 e. The first-order chi connectivity index (χ1) is 17.2. The zero-order valence-electron chi connectivity index (χ0n) is 19.6. The van der Waals surface area contributed by atoms with E-state index < -0.39 is 17.8 Å². The number of aromatic nitrogens is 1. The van der Waals surface area contributed by atoms with Crippen molar-refractivity contribution < 1.29 is 27.5 Å². The van der Waals surface area contributed by atoms with Crippen molar-refractivity contribution in [2.24, 2.45) is 0 Å². The topological polar surface area (TPSA) is 86.8 Å². The van der Waals surface area contributed by atoms with Crippen LogP contribution >= 0.6 is 11.3 Å². The first-order valence-corrected chi connectivity index (χ1v) is 11.9. The Bertz CT molecular complexity index is 1260. The first-order valence-electron chi connectivity index (χ1n) is 11.1. The Hall–Kier alpha value is -3.80. The summed E-state index contributed by atoms with van der Waals surface area (Å²) in [6, 6.07) is 11.6. The Kier molecular flexibility index (Phi) is 7.34. The van der Waals surface area contributed by atoms with Crippen LogP contribution in [0.2, 0.25) is 0 Å². The van der Waals surface area contributed by atoms with E-state index in [2.05, 4.69) is 15.6 Å². The molecule has 1 aliphatic rings. The molecule has 0 saturated carbocycles. The molecule has 12 heteroatoms. The number of carbonyl (C=O) groups is 2. The number of alkyl halides is 3. The van der Waals surface area contributed by atoms with Crippen molar-refractivity contribution in [3.63, 3.8) is 0 Å². The molecule has 1 aliphatic heterocycles. The molecule has 4 rings (SSSR count). The zero-order chi connectivity index (χ0) is 25.9. The molecule has 2 heterocycles. The van der Waals surface area contributed by atoms with Crippen LogP contribution in [0.1, 0.15) is 20.9 Å². The van der Waals surface area contributed by atoms with E-state index in [1.54, 1.807) is 42.2 Å². The van der Waals surface area contributed by atoms with E-state index in [1.165, 1.54) is 13.2 Å². The maximum absolute atomic E-state index is 13.1. The van der Waals surface area contributed by atoms with Crippen LogP contribution in [0.4, 0.5) is 34.5 Å². The van der Waals surface area contributed by atoms with Gasteiger partial charge in [-0.25, -0.2) is 9.78 Å². The predicted octanol–water partition coefficient (Wildman–Crippen LogP) is 5.09. The predicted molar refractivity (Wildman–Crippen MR) is 132 cm³/mol. The highest BCUT2D eigenvalue weighted by Crippen LogP contribution is 2.32. The van der Waals surface area contributed by atoms with E-state index in [1.807, 2.05) is 4.90 Å². The summed E-state index contributed by atoms with van der Waals surface area (Å²) in [6.45, 7) is 3.19. The lowest BCUT2D eigenvalue weighted by Crippen LogP contribution is -2.48. The number of ether oxygens (including phenoxy) is 1. The van der Waals surface area contributed by atoms with Crippen LogP contribution in [0.25, 0.3) is 0 Å². The van der Waals surface area contributed by atoms with Crippen molar-refractivity contribution in [3.05, 3.63) is 64.7 Å². The summed E-state index contributed by atoms with van der Waals surface area (Å²) in [4.78, 5) is 33.7. The molecule has 3 aromatic rings. The van der Waals surface area contributed by atoms with Gasteiger partial charge in [-0.05, 0) is 37.3 Å². The number of nitrogens with one attached hydrogen (secondary N) is 2. The van der Waals surface area contributed by atoms with E-state index in [9.17, 15) is 22.8 Å². The number of para-hydroxylation sites is 2. The van der Waals surface area contributed by atoms with Gasteiger partial charge in [0.25, 0.3) is 5.91 Å². The lowest BCUT2D eigenvalue weighted by atomic mass is 10.1. The summed E-state index contributed by atoms with van der Waals surface area (Å²) in [5.41, 5.74) is 0.741. The average molecular weight is 520 g/mol. The fraction of sp³-hybridized carbons (Fsp3) is 0.292. The van der Waals surface area contributed by atoms with Crippen LogP contribution in [0.5, 0.6) is 5.75 Å². The summed E-state index contributed by atoms with van der Waals surface area (Å²) in [5.74, 6) is 0.273. The number of benzene rings is 2. The second-order valence-electron chi connectivity index (χ2n) is 8.04. The average Bonchev–Trinajstić information content (AvgIpc) is 3.23. The van der Waals surface area contributed by atoms with E-state index >= 15 is 0 Å². The maximum atomic E-state index is 13.1. The third-order valence-electron chi connectivity index (χ3n) is 5.67. The third kappa shape index (κ3) is 5.70. The van der Waals surface area contributed by atoms with Crippen LogP contribution in [-0.4, -0.2) is 55.1 Å². The molecular weight excluding hydrogens is 495 g/mol. The lowest BCUT2D eigenvalue weighted by Gasteiger charge is -2.36. The molecular formula is C24H24F3N5O3S. The number of nitrogens with zero attached hydrogens (tertiary/aromatic N) is 3. The standard InChI is InChI=1S/C24H24F3N5O3S/c1-15-20(36-23(28-15)30-22(34)29-18-8-3-4-9-19(18)35-2)21(33)32-12-10-31(11-13-32)17-7-5-6-16(14-17)24(25,26)27/h3-9,14H,10-13H2,1-2H3,(H2,28,29,30,34). The number of amides is 3. The van der Waals surface area contributed by atoms with Gasteiger partial charge >= 0.3 is 12.2 Å². The van der Waals surface area contributed by atoms with Crippen molar-refractivity contribution in [2.75, 3.05) is 48.8 Å². The van der Waals surface area contributed by atoms with Gasteiger partial charge in [-0.1, -0.05) is 29.5 Å². The van der Waals surface area contributed by atoms with E-state index in [4.69, 9.17) is 4.74 Å². The van der Waals surface area contributed by atoms with Crippen LogP contribution in [0.3, 0.4) is 0 Å². The molecule has 0 spiro atoms. The van der Waals surface area contributed by atoms with Crippen molar-refractivity contribution in [3.8, 4) is 5.75 Å². The van der Waals surface area contributed by atoms with Gasteiger partial charge in [0.1, 0.15) is 10.6 Å². The Balaban J connectivity index is 1.37. The minimum atomic E-state index is -4.41. The molecule has 190 valence electrons. The molecule has 3 amide bonds. The molecule has 1 fully saturated rings. The molecule has 1 saturated heterocycles. The van der Waals surface area contributed by atoms with E-state index in [0.29, 0.717) is 53.9 Å². The van der Waals surface area contributed by atoms with Crippen molar-refractivity contribution >= 4 is 39.8 Å². The van der Waals surface area contributed by atoms with Crippen LogP contribution < -0.4 is 20.3 Å². The second kappa shape index (κ2) is 10.4. The fourth-order valence-electron chi connectivity index (χ4n) is 3.84. The van der Waals surface area contributed by atoms with Gasteiger partial charge in [-0.3, -0.25) is 10.1 Å². The van der Waals surface area contributed by atoms with Gasteiger partial charge in [0.05, 0.1) is 24.1 Å². The second-order valence-corrected chi connectivity index (χ2v) is 9.04. The first kappa shape index (κ1) is 25.3. The number of methoxy groups -OCH3 is 1. The number of rotatable bonds is 5. The quantitative estimate of drug-likeness (QED) is 0.491. The molecule has 2 N–H and O–H groups in total. The monoisotopic (exact) mass is 519 g/mol. The number of anilines is 3. The Morgan fingerprint density at radius 1 is 1.03 bits per heavy atom. The van der Waals surface area contributed by atoms with Crippen LogP contribution in [0.15, 0.2) is 48.5 Å². The smallest absolute Gasteiger partial charge is 0.416 e. The van der Waals surface area contributed by atoms with Gasteiger partial charge in [-0.15, -0.1) is 0 Å². The molecule has 8 nitrogen and oxygen atoms in total. The highest BCUT2D eigenvalue weighted by molar-refractivity contribution is 7.17. The minimum absolute atomic E-state index is 0.230. The highest BCUT2D eigenvalue weighted by atomic mass is 32.1. The van der Waals surface area contributed by atoms with Gasteiger partial charge in [-0.2, -0.15) is 13.2 Å². The molecule has 1 aromatic heterocycles. The molecule has 0 bridgehead atoms. The molecule has 2 aromatic carbocycles. The Morgan fingerprint density at radius 3 is 2.44 bits per heavy atom. The Labute approximate surface area is 209 Å². The highest BCUT2D eigenvalue weighted by Gasteiger charge is 2.31. The van der Waals surface area contributed by atoms with Gasteiger partial charge in [0.2, 0.25) is 0 Å². The summed E-state index contributed by atoms with van der Waals surface area (Å²) in [6.07, 6.45) is -4.41. The largest absolute Gasteiger partial charge is 0.495 e. The normalized spacial score (nSPS) is 13.9. The lowest BCUT2D eigenvalue weighted by molar-refractivity contribution is -0.137. The van der Waals surface area contributed by atoms with Crippen molar-refractivity contribution in [1.29, 1.82) is 0 Å². The fourth-order valence-corrected chi connectivity index (χ4v) is 4.77.